The molecular formula is C19H23NO3. The Balaban J connectivity index is 1.60. The zero-order valence-electron chi connectivity index (χ0n) is 13.3. The zero-order chi connectivity index (χ0) is 16.0. The van der Waals surface area contributed by atoms with Crippen molar-refractivity contribution in [3.8, 4) is 0 Å². The number of benzene rings is 1. The van der Waals surface area contributed by atoms with E-state index in [0.29, 0.717) is 19.3 Å². The Morgan fingerprint density at radius 2 is 1.78 bits per heavy atom. The first-order chi connectivity index (χ1) is 11.1. The molecular weight excluding hydrogens is 290 g/mol. The van der Waals surface area contributed by atoms with E-state index in [1.54, 1.807) is 0 Å². The van der Waals surface area contributed by atoms with Crippen molar-refractivity contribution < 1.29 is 14.7 Å². The zero-order valence-corrected chi connectivity index (χ0v) is 13.3. The van der Waals surface area contributed by atoms with Gasteiger partial charge in [0.2, 0.25) is 5.91 Å². The number of amides is 1. The van der Waals surface area contributed by atoms with Crippen LogP contribution in [0.2, 0.25) is 0 Å². The highest BCUT2D eigenvalue weighted by molar-refractivity contribution is 5.98. The molecule has 2 saturated carbocycles. The molecule has 1 spiro atoms. The number of carbonyl (C=O) groups excluding carboxylic acids is 1. The van der Waals surface area contributed by atoms with Crippen LogP contribution in [0.25, 0.3) is 0 Å². The van der Waals surface area contributed by atoms with Crippen LogP contribution in [0.4, 0.5) is 5.69 Å². The Morgan fingerprint density at radius 1 is 1.09 bits per heavy atom. The van der Waals surface area contributed by atoms with Gasteiger partial charge in [0.05, 0.1) is 5.92 Å². The Hall–Kier alpha value is -1.84. The molecule has 2 aliphatic carbocycles. The van der Waals surface area contributed by atoms with E-state index in [4.69, 9.17) is 0 Å². The second-order valence-electron chi connectivity index (χ2n) is 7.47. The summed E-state index contributed by atoms with van der Waals surface area (Å²) in [5.41, 5.74) is 2.55. The standard InChI is InChI=1S/C19H23NO3/c21-17(13-7-8-14(11-13)18(22)23)20-12-19(9-3-4-10-19)15-5-1-2-6-16(15)20/h1-2,5-6,13-14H,3-4,7-12H2,(H,22,23)/t13-,14+/m0/s1. The summed E-state index contributed by atoms with van der Waals surface area (Å²) in [6, 6.07) is 8.32. The van der Waals surface area contributed by atoms with Gasteiger partial charge in [-0.2, -0.15) is 0 Å². The second-order valence-corrected chi connectivity index (χ2v) is 7.47. The Bertz CT molecular complexity index is 648. The maximum Gasteiger partial charge on any atom is 0.306 e. The number of hydrogen-bond acceptors (Lipinski definition) is 2. The lowest BCUT2D eigenvalue weighted by molar-refractivity contribution is -0.141. The van der Waals surface area contributed by atoms with Gasteiger partial charge in [-0.15, -0.1) is 0 Å². The van der Waals surface area contributed by atoms with E-state index in [0.717, 1.165) is 25.1 Å². The lowest BCUT2D eigenvalue weighted by Gasteiger charge is -2.26. The van der Waals surface area contributed by atoms with Crippen molar-refractivity contribution in [2.45, 2.75) is 50.4 Å². The summed E-state index contributed by atoms with van der Waals surface area (Å²) in [6.45, 7) is 0.791. The summed E-state index contributed by atoms with van der Waals surface area (Å²) in [4.78, 5) is 26.2. The molecule has 1 aromatic rings. The summed E-state index contributed by atoms with van der Waals surface area (Å²) in [5.74, 6) is -1.08. The minimum Gasteiger partial charge on any atom is -0.481 e. The van der Waals surface area contributed by atoms with Crippen LogP contribution in [0.1, 0.15) is 50.5 Å². The maximum absolute atomic E-state index is 13.1. The summed E-state index contributed by atoms with van der Waals surface area (Å²) in [5, 5.41) is 9.18. The normalized spacial score (nSPS) is 28.3. The average molecular weight is 313 g/mol. The van der Waals surface area contributed by atoms with Crippen LogP contribution in [-0.2, 0) is 15.0 Å². The molecule has 3 aliphatic rings. The lowest BCUT2D eigenvalue weighted by Crippen LogP contribution is -2.38. The summed E-state index contributed by atoms with van der Waals surface area (Å²) in [7, 11) is 0. The van der Waals surface area contributed by atoms with Gasteiger partial charge < -0.3 is 10.0 Å². The molecule has 0 saturated heterocycles. The summed E-state index contributed by atoms with van der Waals surface area (Å²) >= 11 is 0. The van der Waals surface area contributed by atoms with Gasteiger partial charge in [-0.05, 0) is 43.7 Å². The molecule has 4 rings (SSSR count). The number of aliphatic carboxylic acids is 1. The third kappa shape index (κ3) is 2.27. The molecule has 1 N–H and O–H groups in total. The molecule has 0 aromatic heterocycles. The van der Waals surface area contributed by atoms with E-state index in [9.17, 15) is 14.7 Å². The first kappa shape index (κ1) is 14.7. The third-order valence-corrected chi connectivity index (χ3v) is 6.18. The van der Waals surface area contributed by atoms with Crippen molar-refractivity contribution >= 4 is 17.6 Å². The predicted octanol–water partition coefficient (Wildman–Crippen LogP) is 3.35. The first-order valence-electron chi connectivity index (χ1n) is 8.74. The number of carboxylic acids is 1. The van der Waals surface area contributed by atoms with Crippen molar-refractivity contribution in [1.82, 2.24) is 0 Å². The molecule has 1 heterocycles. The third-order valence-electron chi connectivity index (χ3n) is 6.18. The number of hydrogen-bond donors (Lipinski definition) is 1. The number of anilines is 1. The molecule has 1 aliphatic heterocycles. The Kier molecular flexibility index (Phi) is 3.43. The Labute approximate surface area is 136 Å². The van der Waals surface area contributed by atoms with Gasteiger partial charge >= 0.3 is 5.97 Å². The number of rotatable bonds is 2. The van der Waals surface area contributed by atoms with Crippen LogP contribution in [0.15, 0.2) is 24.3 Å². The monoisotopic (exact) mass is 313 g/mol. The summed E-state index contributed by atoms with van der Waals surface area (Å²) in [6.07, 6.45) is 6.64. The van der Waals surface area contributed by atoms with Crippen LogP contribution in [0, 0.1) is 11.8 Å². The van der Waals surface area contributed by atoms with Crippen molar-refractivity contribution in [2.75, 3.05) is 11.4 Å². The fourth-order valence-electron chi connectivity index (χ4n) is 4.96. The average Bonchev–Trinajstić information content (AvgIpc) is 3.28. The molecule has 4 heteroatoms. The first-order valence-corrected chi connectivity index (χ1v) is 8.74. The van der Waals surface area contributed by atoms with E-state index in [1.807, 2.05) is 11.0 Å². The van der Waals surface area contributed by atoms with E-state index in [1.165, 1.54) is 18.4 Å². The molecule has 23 heavy (non-hydrogen) atoms. The second kappa shape index (κ2) is 5.36. The number of carboxylic acid groups (broad SMARTS) is 1. The number of para-hydroxylation sites is 1. The van der Waals surface area contributed by atoms with E-state index in [2.05, 4.69) is 18.2 Å². The topological polar surface area (TPSA) is 57.6 Å². The van der Waals surface area contributed by atoms with Crippen LogP contribution in [0.3, 0.4) is 0 Å². The van der Waals surface area contributed by atoms with E-state index < -0.39 is 5.97 Å². The molecule has 1 aromatic carbocycles. The number of nitrogens with zero attached hydrogens (tertiary/aromatic N) is 1. The van der Waals surface area contributed by atoms with Crippen molar-refractivity contribution in [3.05, 3.63) is 29.8 Å². The van der Waals surface area contributed by atoms with Gasteiger partial charge in [-0.1, -0.05) is 31.0 Å². The quantitative estimate of drug-likeness (QED) is 0.911. The fraction of sp³-hybridized carbons (Fsp3) is 0.579. The van der Waals surface area contributed by atoms with Crippen molar-refractivity contribution in [3.63, 3.8) is 0 Å². The molecule has 2 fully saturated rings. The minimum absolute atomic E-state index is 0.124. The smallest absolute Gasteiger partial charge is 0.306 e. The molecule has 4 nitrogen and oxygen atoms in total. The predicted molar refractivity (Wildman–Crippen MR) is 87.4 cm³/mol. The lowest BCUT2D eigenvalue weighted by atomic mass is 9.81. The minimum atomic E-state index is -0.755. The van der Waals surface area contributed by atoms with Gasteiger partial charge in [0, 0.05) is 23.6 Å². The van der Waals surface area contributed by atoms with Crippen molar-refractivity contribution in [2.24, 2.45) is 11.8 Å². The van der Waals surface area contributed by atoms with Gasteiger partial charge in [0.15, 0.2) is 0 Å². The number of carbonyl (C=O) groups is 2. The molecule has 0 bridgehead atoms. The fourth-order valence-corrected chi connectivity index (χ4v) is 4.96. The molecule has 0 radical (unpaired) electrons. The molecule has 122 valence electrons. The van der Waals surface area contributed by atoms with Crippen LogP contribution in [-0.4, -0.2) is 23.5 Å². The highest BCUT2D eigenvalue weighted by Crippen LogP contribution is 2.51. The van der Waals surface area contributed by atoms with Gasteiger partial charge in [-0.3, -0.25) is 9.59 Å². The summed E-state index contributed by atoms with van der Waals surface area (Å²) < 4.78 is 0. The Morgan fingerprint density at radius 3 is 2.48 bits per heavy atom. The highest BCUT2D eigenvalue weighted by Gasteiger charge is 2.47. The van der Waals surface area contributed by atoms with E-state index in [-0.39, 0.29) is 23.2 Å². The van der Waals surface area contributed by atoms with Gasteiger partial charge in [-0.25, -0.2) is 0 Å². The maximum atomic E-state index is 13.1. The number of fused-ring (bicyclic) bond motifs is 2. The van der Waals surface area contributed by atoms with Gasteiger partial charge in [0.25, 0.3) is 0 Å². The molecule has 1 amide bonds. The molecule has 0 unspecified atom stereocenters. The van der Waals surface area contributed by atoms with Crippen LogP contribution in [0.5, 0.6) is 0 Å². The van der Waals surface area contributed by atoms with Gasteiger partial charge in [0.1, 0.15) is 0 Å². The van der Waals surface area contributed by atoms with E-state index >= 15 is 0 Å². The van der Waals surface area contributed by atoms with Crippen molar-refractivity contribution in [1.29, 1.82) is 0 Å². The highest BCUT2D eigenvalue weighted by atomic mass is 16.4. The molecule has 2 atom stereocenters. The SMILES string of the molecule is O=C(O)[C@@H]1CC[C@H](C(=O)N2CC3(CCCC3)c3ccccc32)C1. The van der Waals surface area contributed by atoms with Crippen LogP contribution >= 0.6 is 0 Å². The van der Waals surface area contributed by atoms with Crippen LogP contribution < -0.4 is 4.90 Å². The largest absolute Gasteiger partial charge is 0.481 e.